The Morgan fingerprint density at radius 1 is 1.10 bits per heavy atom. The first-order chi connectivity index (χ1) is 14.9. The molecule has 0 saturated carbocycles. The van der Waals surface area contributed by atoms with Crippen molar-refractivity contribution in [1.29, 1.82) is 0 Å². The van der Waals surface area contributed by atoms with Gasteiger partial charge in [-0.05, 0) is 36.4 Å². The lowest BCUT2D eigenvalue weighted by Gasteiger charge is -2.16. The summed E-state index contributed by atoms with van der Waals surface area (Å²) in [7, 11) is 2.80. The van der Waals surface area contributed by atoms with Crippen molar-refractivity contribution in [2.45, 2.75) is 6.42 Å². The fourth-order valence-corrected chi connectivity index (χ4v) is 3.16. The number of nitrogens with one attached hydrogen (secondary N) is 1. The number of hydrogen-bond donors (Lipinski definition) is 1. The number of methoxy groups -OCH3 is 2. The molecule has 2 amide bonds. The molecular formula is C22H22N2O7. The molecule has 1 aliphatic heterocycles. The van der Waals surface area contributed by atoms with Crippen LogP contribution in [0, 0.1) is 5.92 Å². The van der Waals surface area contributed by atoms with E-state index in [0.29, 0.717) is 22.7 Å². The monoisotopic (exact) mass is 426 g/mol. The first-order valence-corrected chi connectivity index (χ1v) is 9.50. The van der Waals surface area contributed by atoms with E-state index in [2.05, 4.69) is 10.1 Å². The molecule has 2 aromatic carbocycles. The zero-order valence-corrected chi connectivity index (χ0v) is 17.1. The number of rotatable bonds is 7. The van der Waals surface area contributed by atoms with E-state index in [0.717, 1.165) is 0 Å². The molecule has 9 nitrogen and oxygen atoms in total. The van der Waals surface area contributed by atoms with E-state index in [9.17, 15) is 19.2 Å². The van der Waals surface area contributed by atoms with Gasteiger partial charge in [-0.3, -0.25) is 14.4 Å². The van der Waals surface area contributed by atoms with Crippen molar-refractivity contribution in [2.75, 3.05) is 37.6 Å². The molecule has 0 aliphatic carbocycles. The Morgan fingerprint density at radius 2 is 1.84 bits per heavy atom. The second-order valence-corrected chi connectivity index (χ2v) is 6.83. The first-order valence-electron chi connectivity index (χ1n) is 9.50. The van der Waals surface area contributed by atoms with Crippen molar-refractivity contribution in [3.8, 4) is 5.75 Å². The van der Waals surface area contributed by atoms with E-state index in [-0.39, 0.29) is 18.9 Å². The molecule has 0 radical (unpaired) electrons. The highest BCUT2D eigenvalue weighted by molar-refractivity contribution is 6.00. The second-order valence-electron chi connectivity index (χ2n) is 6.83. The van der Waals surface area contributed by atoms with Gasteiger partial charge in [-0.25, -0.2) is 4.79 Å². The number of hydrogen-bond acceptors (Lipinski definition) is 7. The van der Waals surface area contributed by atoms with Gasteiger partial charge in [0.05, 0.1) is 25.7 Å². The van der Waals surface area contributed by atoms with E-state index in [1.54, 1.807) is 48.5 Å². The summed E-state index contributed by atoms with van der Waals surface area (Å²) in [5, 5.41) is 2.61. The molecule has 1 fully saturated rings. The van der Waals surface area contributed by atoms with Gasteiger partial charge in [-0.1, -0.05) is 6.07 Å². The molecule has 9 heteroatoms. The molecule has 0 unspecified atom stereocenters. The van der Waals surface area contributed by atoms with Crippen molar-refractivity contribution in [3.05, 3.63) is 54.1 Å². The third-order valence-electron chi connectivity index (χ3n) is 4.76. The summed E-state index contributed by atoms with van der Waals surface area (Å²) in [6.07, 6.45) is -0.0188. The van der Waals surface area contributed by atoms with Gasteiger partial charge < -0.3 is 24.4 Å². The highest BCUT2D eigenvalue weighted by atomic mass is 16.5. The van der Waals surface area contributed by atoms with Crippen LogP contribution in [0.25, 0.3) is 0 Å². The molecule has 1 atom stereocenters. The average molecular weight is 426 g/mol. The number of ether oxygens (including phenoxy) is 3. The van der Waals surface area contributed by atoms with Crippen molar-refractivity contribution in [2.24, 2.45) is 5.92 Å². The van der Waals surface area contributed by atoms with E-state index in [1.165, 1.54) is 19.1 Å². The minimum absolute atomic E-state index is 0.0188. The third kappa shape index (κ3) is 5.39. The number of benzene rings is 2. The van der Waals surface area contributed by atoms with Gasteiger partial charge in [0.15, 0.2) is 6.61 Å². The summed E-state index contributed by atoms with van der Waals surface area (Å²) in [5.41, 5.74) is 1.43. The van der Waals surface area contributed by atoms with Crippen LogP contribution >= 0.6 is 0 Å². The molecule has 3 rings (SSSR count). The Morgan fingerprint density at radius 3 is 2.52 bits per heavy atom. The minimum atomic E-state index is -0.683. The topological polar surface area (TPSA) is 111 Å². The van der Waals surface area contributed by atoms with Crippen molar-refractivity contribution < 1.29 is 33.4 Å². The molecule has 2 aromatic rings. The maximum atomic E-state index is 12.3. The molecule has 1 heterocycles. The van der Waals surface area contributed by atoms with Crippen LogP contribution in [0.2, 0.25) is 0 Å². The SMILES string of the molecule is COC(=O)c1ccc(N2C[C@@H](C(=O)OCC(=O)Nc3cccc(OC)c3)CC2=O)cc1. The van der Waals surface area contributed by atoms with Crippen LogP contribution < -0.4 is 15.0 Å². The molecule has 31 heavy (non-hydrogen) atoms. The summed E-state index contributed by atoms with van der Waals surface area (Å²) in [6, 6.07) is 13.1. The van der Waals surface area contributed by atoms with Gasteiger partial charge in [0, 0.05) is 30.4 Å². The van der Waals surface area contributed by atoms with Crippen LogP contribution in [0.1, 0.15) is 16.8 Å². The second kappa shape index (κ2) is 9.75. The van der Waals surface area contributed by atoms with Gasteiger partial charge in [0.25, 0.3) is 5.91 Å². The smallest absolute Gasteiger partial charge is 0.337 e. The highest BCUT2D eigenvalue weighted by Gasteiger charge is 2.36. The third-order valence-corrected chi connectivity index (χ3v) is 4.76. The molecule has 0 bridgehead atoms. The molecular weight excluding hydrogens is 404 g/mol. The van der Waals surface area contributed by atoms with Gasteiger partial charge >= 0.3 is 11.9 Å². The lowest BCUT2D eigenvalue weighted by molar-refractivity contribution is -0.151. The number of carbonyl (C=O) groups is 4. The van der Waals surface area contributed by atoms with Gasteiger partial charge in [-0.15, -0.1) is 0 Å². The lowest BCUT2D eigenvalue weighted by Crippen LogP contribution is -2.28. The van der Waals surface area contributed by atoms with Crippen LogP contribution in [0.3, 0.4) is 0 Å². The standard InChI is InChI=1S/C22H22N2O7/c1-29-18-5-3-4-16(11-18)23-19(25)13-31-22(28)15-10-20(26)24(12-15)17-8-6-14(7-9-17)21(27)30-2/h3-9,11,15H,10,12-13H2,1-2H3,(H,23,25)/t15-/m0/s1. The molecule has 1 N–H and O–H groups in total. The summed E-state index contributed by atoms with van der Waals surface area (Å²) in [4.78, 5) is 49.7. The molecule has 162 valence electrons. The van der Waals surface area contributed by atoms with Crippen LogP contribution in [-0.2, 0) is 23.9 Å². The largest absolute Gasteiger partial charge is 0.497 e. The molecule has 1 aliphatic rings. The fourth-order valence-electron chi connectivity index (χ4n) is 3.16. The Bertz CT molecular complexity index is 988. The quantitative estimate of drug-likeness (QED) is 0.674. The maximum absolute atomic E-state index is 12.3. The zero-order chi connectivity index (χ0) is 22.4. The maximum Gasteiger partial charge on any atom is 0.337 e. The summed E-state index contributed by atoms with van der Waals surface area (Å²) < 4.78 is 14.8. The van der Waals surface area contributed by atoms with Crippen molar-refractivity contribution >= 4 is 35.1 Å². The van der Waals surface area contributed by atoms with Crippen LogP contribution in [0.15, 0.2) is 48.5 Å². The predicted molar refractivity (Wildman–Crippen MR) is 111 cm³/mol. The normalized spacial score (nSPS) is 15.4. The van der Waals surface area contributed by atoms with E-state index >= 15 is 0 Å². The number of nitrogens with zero attached hydrogens (tertiary/aromatic N) is 1. The molecule has 0 spiro atoms. The first kappa shape index (κ1) is 21.8. The van der Waals surface area contributed by atoms with Gasteiger partial charge in [0.2, 0.25) is 5.91 Å². The minimum Gasteiger partial charge on any atom is -0.497 e. The molecule has 1 saturated heterocycles. The summed E-state index contributed by atoms with van der Waals surface area (Å²) in [6.45, 7) is -0.332. The van der Waals surface area contributed by atoms with Crippen LogP contribution in [0.5, 0.6) is 5.75 Å². The molecule has 0 aromatic heterocycles. The van der Waals surface area contributed by atoms with E-state index < -0.39 is 30.4 Å². The Balaban J connectivity index is 1.52. The van der Waals surface area contributed by atoms with Gasteiger partial charge in [0.1, 0.15) is 5.75 Å². The zero-order valence-electron chi connectivity index (χ0n) is 17.1. The van der Waals surface area contributed by atoms with E-state index in [1.807, 2.05) is 0 Å². The van der Waals surface area contributed by atoms with Gasteiger partial charge in [-0.2, -0.15) is 0 Å². The predicted octanol–water partition coefficient (Wildman–Crippen LogP) is 2.02. The number of amides is 2. The Kier molecular flexibility index (Phi) is 6.86. The van der Waals surface area contributed by atoms with Crippen molar-refractivity contribution in [3.63, 3.8) is 0 Å². The van der Waals surface area contributed by atoms with Crippen LogP contribution in [-0.4, -0.2) is 51.1 Å². The summed E-state index contributed by atoms with van der Waals surface area (Å²) >= 11 is 0. The number of carbonyl (C=O) groups excluding carboxylic acids is 4. The highest BCUT2D eigenvalue weighted by Crippen LogP contribution is 2.26. The van der Waals surface area contributed by atoms with E-state index in [4.69, 9.17) is 9.47 Å². The Labute approximate surface area is 178 Å². The average Bonchev–Trinajstić information content (AvgIpc) is 3.18. The van der Waals surface area contributed by atoms with Crippen LogP contribution in [0.4, 0.5) is 11.4 Å². The number of anilines is 2. The lowest BCUT2D eigenvalue weighted by atomic mass is 10.1. The van der Waals surface area contributed by atoms with Crippen molar-refractivity contribution in [1.82, 2.24) is 0 Å². The Hall–Kier alpha value is -3.88. The number of esters is 2. The summed E-state index contributed by atoms with van der Waals surface area (Å²) in [5.74, 6) is -1.94. The fraction of sp³-hybridized carbons (Fsp3) is 0.273.